The Kier molecular flexibility index (Phi) is 6.08. The molecule has 0 aliphatic heterocycles. The lowest BCUT2D eigenvalue weighted by Crippen LogP contribution is -2.41. The van der Waals surface area contributed by atoms with Crippen LogP contribution in [0.4, 0.5) is 13.6 Å². The largest absolute Gasteiger partial charge is 0.395 e. The molecule has 0 saturated heterocycles. The molecule has 2 N–H and O–H groups in total. The van der Waals surface area contributed by atoms with Crippen LogP contribution >= 0.6 is 0 Å². The molecule has 0 bridgehead atoms. The molecule has 136 valence electrons. The van der Waals surface area contributed by atoms with Crippen molar-refractivity contribution in [1.29, 1.82) is 0 Å². The average molecular weight is 352 g/mol. The molecule has 1 aromatic carbocycles. The van der Waals surface area contributed by atoms with Crippen molar-refractivity contribution in [2.75, 3.05) is 13.2 Å². The number of aliphatic hydroxyl groups is 1. The third-order valence-electron chi connectivity index (χ3n) is 4.14. The molecule has 1 aromatic heterocycles. The fourth-order valence-electron chi connectivity index (χ4n) is 2.59. The Morgan fingerprint density at radius 3 is 2.44 bits per heavy atom. The van der Waals surface area contributed by atoms with Gasteiger partial charge in [0.25, 0.3) is 0 Å². The topological polar surface area (TPSA) is 70.4 Å². The van der Waals surface area contributed by atoms with Crippen molar-refractivity contribution in [1.82, 2.24) is 20.0 Å². The number of rotatable bonds is 6. The summed E-state index contributed by atoms with van der Waals surface area (Å²) in [7, 11) is 1.81. The number of halogens is 2. The van der Waals surface area contributed by atoms with E-state index in [0.717, 1.165) is 29.1 Å². The minimum Gasteiger partial charge on any atom is -0.395 e. The molecule has 0 saturated carbocycles. The van der Waals surface area contributed by atoms with Crippen LogP contribution in [0, 0.1) is 25.5 Å². The van der Waals surface area contributed by atoms with Gasteiger partial charge in [0.2, 0.25) is 0 Å². The summed E-state index contributed by atoms with van der Waals surface area (Å²) in [5, 5.41) is 16.0. The van der Waals surface area contributed by atoms with Gasteiger partial charge in [-0.1, -0.05) is 6.07 Å². The van der Waals surface area contributed by atoms with Crippen LogP contribution in [0.25, 0.3) is 0 Å². The summed E-state index contributed by atoms with van der Waals surface area (Å²) in [4.78, 5) is 13.8. The molecule has 6 nitrogen and oxygen atoms in total. The maximum absolute atomic E-state index is 13.6. The van der Waals surface area contributed by atoms with Gasteiger partial charge in [-0.15, -0.1) is 0 Å². The molecule has 0 fully saturated rings. The number of aromatic nitrogens is 2. The highest BCUT2D eigenvalue weighted by molar-refractivity contribution is 5.74. The minimum absolute atomic E-state index is 0.0966. The molecule has 0 unspecified atom stereocenters. The highest BCUT2D eigenvalue weighted by Gasteiger charge is 2.19. The van der Waals surface area contributed by atoms with Crippen molar-refractivity contribution in [3.63, 3.8) is 0 Å². The van der Waals surface area contributed by atoms with E-state index in [4.69, 9.17) is 0 Å². The molecule has 0 radical (unpaired) electrons. The normalized spacial score (nSPS) is 10.8. The van der Waals surface area contributed by atoms with Gasteiger partial charge in [-0.2, -0.15) is 5.10 Å². The van der Waals surface area contributed by atoms with Gasteiger partial charge in [0.1, 0.15) is 11.6 Å². The van der Waals surface area contributed by atoms with Crippen LogP contribution in [0.15, 0.2) is 18.2 Å². The van der Waals surface area contributed by atoms with Gasteiger partial charge >= 0.3 is 6.03 Å². The van der Waals surface area contributed by atoms with Crippen molar-refractivity contribution in [2.45, 2.75) is 26.9 Å². The van der Waals surface area contributed by atoms with Crippen LogP contribution in [0.2, 0.25) is 0 Å². The van der Waals surface area contributed by atoms with Crippen LogP contribution in [-0.4, -0.2) is 39.0 Å². The molecular weight excluding hydrogens is 330 g/mol. The zero-order valence-corrected chi connectivity index (χ0v) is 14.5. The number of nitrogens with one attached hydrogen (secondary N) is 1. The SMILES string of the molecule is Cc1nn(C)c(C)c1CN(CCO)C(=O)NCc1c(F)cccc1F. The summed E-state index contributed by atoms with van der Waals surface area (Å²) in [6.07, 6.45) is 0. The summed E-state index contributed by atoms with van der Waals surface area (Å²) in [6.45, 7) is 3.58. The third kappa shape index (κ3) is 4.33. The monoisotopic (exact) mass is 352 g/mol. The fraction of sp³-hybridized carbons (Fsp3) is 0.412. The predicted octanol–water partition coefficient (Wildman–Crippen LogP) is 2.02. The Balaban J connectivity index is 2.10. The number of aliphatic hydroxyl groups excluding tert-OH is 1. The molecule has 25 heavy (non-hydrogen) atoms. The van der Waals surface area contributed by atoms with E-state index in [9.17, 15) is 18.7 Å². The van der Waals surface area contributed by atoms with Crippen molar-refractivity contribution in [2.24, 2.45) is 7.05 Å². The van der Waals surface area contributed by atoms with E-state index in [-0.39, 0.29) is 31.8 Å². The zero-order chi connectivity index (χ0) is 18.6. The van der Waals surface area contributed by atoms with E-state index < -0.39 is 17.7 Å². The average Bonchev–Trinajstić information content (AvgIpc) is 2.79. The summed E-state index contributed by atoms with van der Waals surface area (Å²) < 4.78 is 29.0. The molecule has 1 heterocycles. The van der Waals surface area contributed by atoms with Gasteiger partial charge in [0.15, 0.2) is 0 Å². The summed E-state index contributed by atoms with van der Waals surface area (Å²) in [6, 6.07) is 3.03. The lowest BCUT2D eigenvalue weighted by Gasteiger charge is -2.22. The summed E-state index contributed by atoms with van der Waals surface area (Å²) in [5.41, 5.74) is 2.38. The van der Waals surface area contributed by atoms with Gasteiger partial charge in [0, 0.05) is 30.4 Å². The van der Waals surface area contributed by atoms with Gasteiger partial charge in [0.05, 0.1) is 25.4 Å². The van der Waals surface area contributed by atoms with Crippen LogP contribution in [-0.2, 0) is 20.1 Å². The van der Waals surface area contributed by atoms with Crippen molar-refractivity contribution in [3.05, 3.63) is 52.3 Å². The third-order valence-corrected chi connectivity index (χ3v) is 4.14. The Labute approximate surface area is 145 Å². The second-order valence-electron chi connectivity index (χ2n) is 5.78. The number of nitrogens with zero attached hydrogens (tertiary/aromatic N) is 3. The minimum atomic E-state index is -0.715. The van der Waals surface area contributed by atoms with Gasteiger partial charge in [-0.3, -0.25) is 4.68 Å². The highest BCUT2D eigenvalue weighted by Crippen LogP contribution is 2.15. The number of carbonyl (C=O) groups is 1. The number of carbonyl (C=O) groups excluding carboxylic acids is 1. The first kappa shape index (κ1) is 18.9. The van der Waals surface area contributed by atoms with E-state index >= 15 is 0 Å². The smallest absolute Gasteiger partial charge is 0.318 e. The molecule has 2 amide bonds. The lowest BCUT2D eigenvalue weighted by molar-refractivity contribution is 0.173. The number of amides is 2. The first-order valence-corrected chi connectivity index (χ1v) is 7.90. The molecule has 0 spiro atoms. The van der Waals surface area contributed by atoms with Crippen LogP contribution in [0.5, 0.6) is 0 Å². The zero-order valence-electron chi connectivity index (χ0n) is 14.5. The number of benzene rings is 1. The molecule has 2 rings (SSSR count). The Morgan fingerprint density at radius 1 is 1.28 bits per heavy atom. The number of aryl methyl sites for hydroxylation is 2. The van der Waals surface area contributed by atoms with E-state index in [1.54, 1.807) is 4.68 Å². The number of hydrogen-bond donors (Lipinski definition) is 2. The summed E-state index contributed by atoms with van der Waals surface area (Å²) >= 11 is 0. The van der Waals surface area contributed by atoms with Crippen LogP contribution in [0.3, 0.4) is 0 Å². The van der Waals surface area contributed by atoms with E-state index in [1.807, 2.05) is 20.9 Å². The second-order valence-corrected chi connectivity index (χ2v) is 5.78. The molecule has 0 aliphatic carbocycles. The Hall–Kier alpha value is -2.48. The predicted molar refractivity (Wildman–Crippen MR) is 88.8 cm³/mol. The van der Waals surface area contributed by atoms with E-state index in [1.165, 1.54) is 11.0 Å². The summed E-state index contributed by atoms with van der Waals surface area (Å²) in [5.74, 6) is -1.43. The van der Waals surface area contributed by atoms with Gasteiger partial charge in [-0.05, 0) is 26.0 Å². The van der Waals surface area contributed by atoms with E-state index in [0.29, 0.717) is 0 Å². The quantitative estimate of drug-likeness (QED) is 0.836. The van der Waals surface area contributed by atoms with Gasteiger partial charge in [-0.25, -0.2) is 13.6 Å². The number of urea groups is 1. The maximum Gasteiger partial charge on any atom is 0.318 e. The van der Waals surface area contributed by atoms with Crippen LogP contribution < -0.4 is 5.32 Å². The first-order valence-electron chi connectivity index (χ1n) is 7.90. The van der Waals surface area contributed by atoms with Gasteiger partial charge < -0.3 is 15.3 Å². The molecule has 2 aromatic rings. The van der Waals surface area contributed by atoms with Crippen LogP contribution in [0.1, 0.15) is 22.5 Å². The molecule has 8 heteroatoms. The maximum atomic E-state index is 13.6. The lowest BCUT2D eigenvalue weighted by atomic mass is 10.2. The first-order chi connectivity index (χ1) is 11.8. The van der Waals surface area contributed by atoms with E-state index in [2.05, 4.69) is 10.4 Å². The molecule has 0 aliphatic rings. The molecular formula is C17H22F2N4O2. The second kappa shape index (κ2) is 8.06. The van der Waals surface area contributed by atoms with Crippen molar-refractivity contribution >= 4 is 6.03 Å². The fourth-order valence-corrected chi connectivity index (χ4v) is 2.59. The molecule has 0 atom stereocenters. The Morgan fingerprint density at radius 2 is 1.92 bits per heavy atom. The van der Waals surface area contributed by atoms with Crippen molar-refractivity contribution in [3.8, 4) is 0 Å². The highest BCUT2D eigenvalue weighted by atomic mass is 19.1. The number of hydrogen-bond acceptors (Lipinski definition) is 3. The standard InChI is InChI=1S/C17H22F2N4O2/c1-11-14(12(2)22(3)21-11)10-23(7-8-24)17(25)20-9-13-15(18)5-4-6-16(13)19/h4-6,24H,7-10H2,1-3H3,(H,20,25). The Bertz CT molecular complexity index is 741. The van der Waals surface area contributed by atoms with Crippen molar-refractivity contribution < 1.29 is 18.7 Å².